The van der Waals surface area contributed by atoms with E-state index in [0.29, 0.717) is 21.9 Å². The van der Waals surface area contributed by atoms with Crippen LogP contribution in [0.15, 0.2) is 42.5 Å². The van der Waals surface area contributed by atoms with E-state index in [0.717, 1.165) is 0 Å². The fourth-order valence-electron chi connectivity index (χ4n) is 1.83. The van der Waals surface area contributed by atoms with Crippen LogP contribution in [0.4, 0.5) is 0 Å². The van der Waals surface area contributed by atoms with Crippen molar-refractivity contribution in [2.24, 2.45) is 0 Å². The Balaban J connectivity index is 2.72. The van der Waals surface area contributed by atoms with Crippen molar-refractivity contribution in [2.75, 3.05) is 7.11 Å². The smallest absolute Gasteiger partial charge is 0.340 e. The molecule has 4 heteroatoms. The molecule has 18 heavy (non-hydrogen) atoms. The third kappa shape index (κ3) is 2.17. The van der Waals surface area contributed by atoms with E-state index in [2.05, 4.69) is 0 Å². The number of aromatic carboxylic acids is 1. The minimum absolute atomic E-state index is 0.119. The SMILES string of the molecule is COc1cccc(-c2ccccc2Cl)c1C(=O)O. The van der Waals surface area contributed by atoms with Crippen molar-refractivity contribution in [3.63, 3.8) is 0 Å². The van der Waals surface area contributed by atoms with Gasteiger partial charge in [0.05, 0.1) is 7.11 Å². The molecule has 1 N–H and O–H groups in total. The van der Waals surface area contributed by atoms with E-state index in [1.54, 1.807) is 36.4 Å². The van der Waals surface area contributed by atoms with Gasteiger partial charge in [0.1, 0.15) is 11.3 Å². The summed E-state index contributed by atoms with van der Waals surface area (Å²) in [6.07, 6.45) is 0. The molecule has 0 aliphatic carbocycles. The number of ether oxygens (including phenoxy) is 1. The van der Waals surface area contributed by atoms with Crippen molar-refractivity contribution in [3.8, 4) is 16.9 Å². The second-order valence-electron chi connectivity index (χ2n) is 3.67. The number of carboxylic acids is 1. The van der Waals surface area contributed by atoms with Crippen LogP contribution in [-0.2, 0) is 0 Å². The van der Waals surface area contributed by atoms with E-state index in [1.165, 1.54) is 7.11 Å². The summed E-state index contributed by atoms with van der Waals surface area (Å²) >= 11 is 6.10. The van der Waals surface area contributed by atoms with Gasteiger partial charge in [0, 0.05) is 16.1 Å². The molecular formula is C14H11ClO3. The summed E-state index contributed by atoms with van der Waals surface area (Å²) < 4.78 is 5.08. The highest BCUT2D eigenvalue weighted by Crippen LogP contribution is 2.34. The first kappa shape index (κ1) is 12.5. The summed E-state index contributed by atoms with van der Waals surface area (Å²) in [7, 11) is 1.44. The Morgan fingerprint density at radius 2 is 1.78 bits per heavy atom. The van der Waals surface area contributed by atoms with Crippen LogP contribution >= 0.6 is 11.6 Å². The number of hydrogen-bond acceptors (Lipinski definition) is 2. The van der Waals surface area contributed by atoms with E-state index >= 15 is 0 Å². The average Bonchev–Trinajstić information content (AvgIpc) is 2.38. The van der Waals surface area contributed by atoms with Crippen molar-refractivity contribution < 1.29 is 14.6 Å². The zero-order valence-corrected chi connectivity index (χ0v) is 10.4. The molecule has 0 heterocycles. The molecule has 0 saturated carbocycles. The fraction of sp³-hybridized carbons (Fsp3) is 0.0714. The van der Waals surface area contributed by atoms with Crippen molar-refractivity contribution >= 4 is 17.6 Å². The maximum atomic E-state index is 11.4. The third-order valence-corrected chi connectivity index (χ3v) is 2.95. The summed E-state index contributed by atoms with van der Waals surface area (Å²) in [6.45, 7) is 0. The van der Waals surface area contributed by atoms with Crippen LogP contribution in [0.2, 0.25) is 5.02 Å². The van der Waals surface area contributed by atoms with Gasteiger partial charge in [0.2, 0.25) is 0 Å². The molecule has 0 unspecified atom stereocenters. The Morgan fingerprint density at radius 3 is 2.39 bits per heavy atom. The van der Waals surface area contributed by atoms with Gasteiger partial charge in [-0.25, -0.2) is 4.79 Å². The molecule has 0 aliphatic heterocycles. The summed E-state index contributed by atoms with van der Waals surface area (Å²) in [5.41, 5.74) is 1.34. The molecule has 3 nitrogen and oxygen atoms in total. The maximum Gasteiger partial charge on any atom is 0.340 e. The molecule has 0 aromatic heterocycles. The van der Waals surface area contributed by atoms with Gasteiger partial charge in [-0.15, -0.1) is 0 Å². The van der Waals surface area contributed by atoms with Crippen LogP contribution in [0.25, 0.3) is 11.1 Å². The van der Waals surface area contributed by atoms with E-state index in [4.69, 9.17) is 16.3 Å². The highest BCUT2D eigenvalue weighted by molar-refractivity contribution is 6.33. The normalized spacial score (nSPS) is 10.1. The first-order valence-electron chi connectivity index (χ1n) is 5.30. The second kappa shape index (κ2) is 5.10. The van der Waals surface area contributed by atoms with Crippen LogP contribution in [0.3, 0.4) is 0 Å². The Kier molecular flexibility index (Phi) is 3.53. The van der Waals surface area contributed by atoms with Gasteiger partial charge in [-0.3, -0.25) is 0 Å². The standard InChI is InChI=1S/C14H11ClO3/c1-18-12-8-4-6-10(13(12)14(16)17)9-5-2-3-7-11(9)15/h2-8H,1H3,(H,16,17). The monoisotopic (exact) mass is 262 g/mol. The predicted molar refractivity (Wildman–Crippen MR) is 70.4 cm³/mol. The molecule has 0 atom stereocenters. The van der Waals surface area contributed by atoms with Crippen LogP contribution in [0.5, 0.6) is 5.75 Å². The molecule has 2 aromatic rings. The molecule has 92 valence electrons. The number of carboxylic acid groups (broad SMARTS) is 1. The zero-order valence-electron chi connectivity index (χ0n) is 9.68. The van der Waals surface area contributed by atoms with Gasteiger partial charge in [-0.2, -0.15) is 0 Å². The van der Waals surface area contributed by atoms with E-state index in [9.17, 15) is 9.90 Å². The van der Waals surface area contributed by atoms with Crippen molar-refractivity contribution in [1.82, 2.24) is 0 Å². The average molecular weight is 263 g/mol. The Bertz CT molecular complexity index is 593. The quantitative estimate of drug-likeness (QED) is 0.917. The van der Waals surface area contributed by atoms with Crippen molar-refractivity contribution in [2.45, 2.75) is 0 Å². The fourth-order valence-corrected chi connectivity index (χ4v) is 2.06. The number of benzene rings is 2. The zero-order chi connectivity index (χ0) is 13.1. The largest absolute Gasteiger partial charge is 0.496 e. The highest BCUT2D eigenvalue weighted by atomic mass is 35.5. The highest BCUT2D eigenvalue weighted by Gasteiger charge is 2.18. The molecule has 0 spiro atoms. The molecule has 0 aliphatic rings. The van der Waals surface area contributed by atoms with Gasteiger partial charge < -0.3 is 9.84 Å². The number of hydrogen-bond donors (Lipinski definition) is 1. The Labute approximate surface area is 110 Å². The number of halogens is 1. The van der Waals surface area contributed by atoms with E-state index < -0.39 is 5.97 Å². The minimum atomic E-state index is -1.04. The molecule has 0 saturated heterocycles. The molecular weight excluding hydrogens is 252 g/mol. The van der Waals surface area contributed by atoms with Gasteiger partial charge in [0.25, 0.3) is 0 Å². The predicted octanol–water partition coefficient (Wildman–Crippen LogP) is 3.71. The lowest BCUT2D eigenvalue weighted by Crippen LogP contribution is -2.03. The van der Waals surface area contributed by atoms with Crippen LogP contribution in [-0.4, -0.2) is 18.2 Å². The summed E-state index contributed by atoms with van der Waals surface area (Å²) in [5, 5.41) is 9.81. The van der Waals surface area contributed by atoms with Gasteiger partial charge in [0.15, 0.2) is 0 Å². The van der Waals surface area contributed by atoms with Crippen molar-refractivity contribution in [3.05, 3.63) is 53.1 Å². The van der Waals surface area contributed by atoms with Crippen LogP contribution in [0, 0.1) is 0 Å². The molecule has 0 amide bonds. The molecule has 0 radical (unpaired) electrons. The Hall–Kier alpha value is -2.00. The lowest BCUT2D eigenvalue weighted by atomic mass is 9.99. The number of carbonyl (C=O) groups is 1. The summed E-state index contributed by atoms with van der Waals surface area (Å²) in [5.74, 6) is -0.720. The van der Waals surface area contributed by atoms with Crippen molar-refractivity contribution in [1.29, 1.82) is 0 Å². The lowest BCUT2D eigenvalue weighted by Gasteiger charge is -2.11. The first-order chi connectivity index (χ1) is 8.65. The number of methoxy groups -OCH3 is 1. The summed E-state index contributed by atoms with van der Waals surface area (Å²) in [6, 6.07) is 12.2. The first-order valence-corrected chi connectivity index (χ1v) is 5.68. The van der Waals surface area contributed by atoms with Gasteiger partial charge in [-0.1, -0.05) is 41.9 Å². The number of rotatable bonds is 3. The van der Waals surface area contributed by atoms with Gasteiger partial charge >= 0.3 is 5.97 Å². The molecule has 2 rings (SSSR count). The van der Waals surface area contributed by atoms with Gasteiger partial charge in [-0.05, 0) is 12.1 Å². The Morgan fingerprint density at radius 1 is 1.11 bits per heavy atom. The third-order valence-electron chi connectivity index (χ3n) is 2.62. The second-order valence-corrected chi connectivity index (χ2v) is 4.08. The maximum absolute atomic E-state index is 11.4. The molecule has 0 fully saturated rings. The molecule has 0 bridgehead atoms. The topological polar surface area (TPSA) is 46.5 Å². The molecule has 2 aromatic carbocycles. The lowest BCUT2D eigenvalue weighted by molar-refractivity contribution is 0.0694. The minimum Gasteiger partial charge on any atom is -0.496 e. The van der Waals surface area contributed by atoms with E-state index in [1.807, 2.05) is 6.07 Å². The van der Waals surface area contributed by atoms with Crippen LogP contribution < -0.4 is 4.74 Å². The van der Waals surface area contributed by atoms with E-state index in [-0.39, 0.29) is 5.56 Å². The van der Waals surface area contributed by atoms with Crippen LogP contribution in [0.1, 0.15) is 10.4 Å². The summed E-state index contributed by atoms with van der Waals surface area (Å²) in [4.78, 5) is 11.4.